The van der Waals surface area contributed by atoms with Gasteiger partial charge in [-0.3, -0.25) is 0 Å². The molecule has 0 bridgehead atoms. The van der Waals surface area contributed by atoms with E-state index in [0.717, 1.165) is 38.5 Å². The third kappa shape index (κ3) is 7.18. The fourth-order valence-electron chi connectivity index (χ4n) is 23.8. The molecular formula is C66H98F10O6. The highest BCUT2D eigenvalue weighted by Crippen LogP contribution is 2.82. The zero-order chi connectivity index (χ0) is 60.4. The number of halogens is 10. The second-order valence-corrected chi connectivity index (χ2v) is 35.3. The van der Waals surface area contributed by atoms with Gasteiger partial charge in [0.1, 0.15) is 58.7 Å². The third-order valence-corrected chi connectivity index (χ3v) is 28.2. The highest BCUT2D eigenvalue weighted by atomic mass is 19.2. The lowest BCUT2D eigenvalue weighted by atomic mass is 9.77. The molecule has 0 aromatic heterocycles. The molecule has 0 aromatic carbocycles. The summed E-state index contributed by atoms with van der Waals surface area (Å²) in [5.41, 5.74) is -10.3. The summed E-state index contributed by atoms with van der Waals surface area (Å²) in [5, 5.41) is 0. The van der Waals surface area contributed by atoms with Crippen LogP contribution in [0.15, 0.2) is 0 Å². The van der Waals surface area contributed by atoms with Gasteiger partial charge in [-0.05, 0) is 142 Å². The highest BCUT2D eigenvalue weighted by Gasteiger charge is 2.87. The van der Waals surface area contributed by atoms with Gasteiger partial charge in [0.05, 0.1) is 73.2 Å². The van der Waals surface area contributed by atoms with Crippen LogP contribution in [0.25, 0.3) is 0 Å². The van der Waals surface area contributed by atoms with Crippen molar-refractivity contribution < 1.29 is 72.3 Å². The number of hydrogen-bond donors (Lipinski definition) is 0. The number of ether oxygens (including phenoxy) is 6. The Hall–Kier alpha value is -0.940. The van der Waals surface area contributed by atoms with Gasteiger partial charge in [-0.1, -0.05) is 83.1 Å². The van der Waals surface area contributed by atoms with Crippen molar-refractivity contribution in [1.82, 2.24) is 0 Å². The van der Waals surface area contributed by atoms with E-state index in [1.54, 1.807) is 27.7 Å². The van der Waals surface area contributed by atoms with E-state index in [2.05, 4.69) is 41.5 Å². The molecule has 0 N–H and O–H groups in total. The molecular weight excluding hydrogens is 1080 g/mol. The van der Waals surface area contributed by atoms with Gasteiger partial charge in [-0.25, -0.2) is 43.9 Å². The topological polar surface area (TPSA) is 55.4 Å². The van der Waals surface area contributed by atoms with E-state index in [0.29, 0.717) is 63.6 Å². The van der Waals surface area contributed by atoms with Crippen molar-refractivity contribution in [1.29, 1.82) is 0 Å². The van der Waals surface area contributed by atoms with Crippen LogP contribution in [0.5, 0.6) is 0 Å². The maximum absolute atomic E-state index is 14.1. The second-order valence-electron chi connectivity index (χ2n) is 35.3. The van der Waals surface area contributed by atoms with Crippen molar-refractivity contribution in [3.63, 3.8) is 0 Å². The molecule has 0 unspecified atom stereocenters. The summed E-state index contributed by atoms with van der Waals surface area (Å²) in [7, 11) is 0. The molecule has 468 valence electrons. The van der Waals surface area contributed by atoms with Crippen LogP contribution < -0.4 is 0 Å². The van der Waals surface area contributed by atoms with E-state index in [9.17, 15) is 43.9 Å². The Bertz CT molecular complexity index is 2400. The van der Waals surface area contributed by atoms with Crippen LogP contribution in [0.4, 0.5) is 43.9 Å². The summed E-state index contributed by atoms with van der Waals surface area (Å²) in [4.78, 5) is 0. The van der Waals surface area contributed by atoms with Crippen LogP contribution in [0.2, 0.25) is 0 Å². The zero-order valence-electron chi connectivity index (χ0n) is 52.4. The lowest BCUT2D eigenvalue weighted by molar-refractivity contribution is -0.00954. The van der Waals surface area contributed by atoms with Crippen LogP contribution in [0.3, 0.4) is 0 Å². The molecule has 18 fully saturated rings. The fraction of sp³-hybridized carbons (Fsp3) is 1.00. The molecule has 0 radical (unpaired) electrons. The number of rotatable bonds is 0. The average Bonchev–Trinajstić information content (AvgIpc) is 1.88. The van der Waals surface area contributed by atoms with Gasteiger partial charge in [0.25, 0.3) is 0 Å². The number of hydrogen-bond acceptors (Lipinski definition) is 6. The summed E-state index contributed by atoms with van der Waals surface area (Å²) in [6.45, 7) is 34.7. The molecule has 0 amide bonds. The molecule has 82 heavy (non-hydrogen) atoms. The SMILES string of the molecule is C[C@@H]1O[C@H]2[C@](C)(C[C@]3(F)C[C@]23C)[C@@H]1F.C[C@@H]1O[C@H]2[C@](C)(C[C@]3(F)C[C@]23C)[C@@H]1F.C[C@@H]1O[C@H]2[C@](C)(C[C@]3(F)C[C@]23C)[C@H]1F.C[C@@H]1O[C@H]2[C@](C)(C[C@]3(F)C[C@]23C)[C@H]1F.C[C@H]1C[C@@]2(C)C[C@]3(F)C[C@]3(C)[C@H]2O1.C[C@H]1C[C@@]2(C)C[C@]3(F)C[C@]3(C)[C@H]2O1. The van der Waals surface area contributed by atoms with Gasteiger partial charge >= 0.3 is 0 Å². The Morgan fingerprint density at radius 3 is 0.622 bits per heavy atom. The molecule has 16 heteroatoms. The minimum absolute atomic E-state index is 0.126. The monoisotopic (exact) mass is 1180 g/mol. The average molecular weight is 1180 g/mol. The first-order chi connectivity index (χ1) is 37.1. The standard InChI is InChI=1S/4C11H16F2O.2C11H17FO/c4*1-6-7(12)9(2)4-11(13)5-10(11,3)8(9)14-6;2*1-7-4-9(2)5-11(12)6-10(11,3)8(9)13-7/h4*6-8H,4-5H2,1-3H3;2*7-8H,4-6H2,1-3H3/t2*6-,7+,8-,9+,10+,11-;2*6-,7-,8-,9+,10+,11-;2*7-,8-,9-,10+,11-/m000000/s1. The lowest BCUT2D eigenvalue weighted by Gasteiger charge is -2.28. The van der Waals surface area contributed by atoms with Crippen LogP contribution >= 0.6 is 0 Å². The van der Waals surface area contributed by atoms with E-state index in [1.807, 2.05) is 55.4 Å². The maximum Gasteiger partial charge on any atom is 0.134 e. The van der Waals surface area contributed by atoms with E-state index in [1.165, 1.54) is 0 Å². The Balaban J connectivity index is 0.0000000924. The van der Waals surface area contributed by atoms with Gasteiger partial charge in [0, 0.05) is 54.1 Å². The van der Waals surface area contributed by atoms with Gasteiger partial charge in [0.15, 0.2) is 0 Å². The van der Waals surface area contributed by atoms with Crippen molar-refractivity contribution in [2.75, 3.05) is 0 Å². The number of alkyl halides is 10. The first-order valence-electron chi connectivity index (χ1n) is 31.8. The summed E-state index contributed by atoms with van der Waals surface area (Å²) in [5.74, 6) is 0. The van der Waals surface area contributed by atoms with Crippen molar-refractivity contribution in [3.05, 3.63) is 0 Å². The molecule has 0 spiro atoms. The fourth-order valence-corrected chi connectivity index (χ4v) is 23.8. The Morgan fingerprint density at radius 1 is 0.256 bits per heavy atom. The van der Waals surface area contributed by atoms with Crippen molar-refractivity contribution in [3.8, 4) is 0 Å². The first-order valence-corrected chi connectivity index (χ1v) is 31.8. The maximum atomic E-state index is 14.1. The van der Waals surface area contributed by atoms with Crippen molar-refractivity contribution in [2.24, 2.45) is 65.0 Å². The Labute approximate surface area is 482 Å². The van der Waals surface area contributed by atoms with Gasteiger partial charge in [0.2, 0.25) is 0 Å². The second kappa shape index (κ2) is 16.3. The Morgan fingerprint density at radius 2 is 0.439 bits per heavy atom. The molecule has 18 rings (SSSR count). The van der Waals surface area contributed by atoms with E-state index in [-0.39, 0.29) is 82.7 Å². The summed E-state index contributed by atoms with van der Waals surface area (Å²) in [6, 6.07) is 0. The summed E-state index contributed by atoms with van der Waals surface area (Å²) in [6.07, 6.45) is 3.22. The molecule has 6 saturated heterocycles. The first kappa shape index (κ1) is 60.0. The largest absolute Gasteiger partial charge is 0.374 e. The predicted molar refractivity (Wildman–Crippen MR) is 291 cm³/mol. The zero-order valence-corrected chi connectivity index (χ0v) is 52.4. The van der Waals surface area contributed by atoms with Gasteiger partial charge in [-0.2, -0.15) is 0 Å². The normalized spacial score (nSPS) is 70.1. The van der Waals surface area contributed by atoms with E-state index in [4.69, 9.17) is 28.4 Å². The Kier molecular flexibility index (Phi) is 11.9. The van der Waals surface area contributed by atoms with Gasteiger partial charge in [-0.15, -0.1) is 0 Å². The van der Waals surface area contributed by atoms with Gasteiger partial charge < -0.3 is 28.4 Å². The van der Waals surface area contributed by atoms with Crippen molar-refractivity contribution in [2.45, 2.75) is 346 Å². The van der Waals surface area contributed by atoms with Crippen LogP contribution in [0, 0.1) is 65.0 Å². The van der Waals surface area contributed by atoms with Crippen LogP contribution in [-0.2, 0) is 28.4 Å². The summed E-state index contributed by atoms with van der Waals surface area (Å²) >= 11 is 0. The molecule has 12 saturated carbocycles. The lowest BCUT2D eigenvalue weighted by Crippen LogP contribution is -2.35. The summed E-state index contributed by atoms with van der Waals surface area (Å²) < 4.78 is 174. The smallest absolute Gasteiger partial charge is 0.134 e. The molecule has 12 aliphatic carbocycles. The predicted octanol–water partition coefficient (Wildman–Crippen LogP) is 15.9. The molecule has 34 atom stereocenters. The molecule has 18 aliphatic rings. The molecule has 6 nitrogen and oxygen atoms in total. The number of fused-ring (bicyclic) bond motifs is 18. The van der Waals surface area contributed by atoms with Crippen LogP contribution in [-0.4, -0.2) is 132 Å². The molecule has 6 aliphatic heterocycles. The highest BCUT2D eigenvalue weighted by molar-refractivity contribution is 5.35. The minimum atomic E-state index is -1.14. The van der Waals surface area contributed by atoms with E-state index < -0.39 is 102 Å². The van der Waals surface area contributed by atoms with Crippen molar-refractivity contribution >= 4 is 0 Å². The van der Waals surface area contributed by atoms with E-state index >= 15 is 0 Å². The third-order valence-electron chi connectivity index (χ3n) is 28.2. The minimum Gasteiger partial charge on any atom is -0.374 e. The molecule has 6 heterocycles. The van der Waals surface area contributed by atoms with Crippen LogP contribution in [0.1, 0.15) is 215 Å². The quantitative estimate of drug-likeness (QED) is 0.225. The molecule has 0 aromatic rings.